The van der Waals surface area contributed by atoms with Gasteiger partial charge in [-0.2, -0.15) is 5.26 Å². The van der Waals surface area contributed by atoms with Crippen molar-refractivity contribution in [1.29, 1.82) is 5.26 Å². The van der Waals surface area contributed by atoms with Gasteiger partial charge in [-0.15, -0.1) is 11.3 Å². The van der Waals surface area contributed by atoms with Crippen LogP contribution in [0.1, 0.15) is 15.2 Å². The molecule has 0 aliphatic carbocycles. The molecular formula is C23H16N6O2S2. The average molecular weight is 473 g/mol. The van der Waals surface area contributed by atoms with Gasteiger partial charge in [0.05, 0.1) is 23.0 Å². The number of nitrogen functional groups attached to an aromatic ring is 2. The number of aromatic nitrogens is 2. The summed E-state index contributed by atoms with van der Waals surface area (Å²) in [7, 11) is 1.59. The maximum absolute atomic E-state index is 13.1. The van der Waals surface area contributed by atoms with Crippen molar-refractivity contribution >= 4 is 65.7 Å². The molecule has 0 spiro atoms. The van der Waals surface area contributed by atoms with Crippen LogP contribution >= 0.6 is 22.7 Å². The third-order valence-corrected chi connectivity index (χ3v) is 7.13. The Kier molecular flexibility index (Phi) is 5.05. The number of thiazole rings is 1. The van der Waals surface area contributed by atoms with Gasteiger partial charge in [-0.05, 0) is 23.8 Å². The monoisotopic (exact) mass is 472 g/mol. The second-order valence-corrected chi connectivity index (χ2v) is 9.09. The van der Waals surface area contributed by atoms with E-state index in [1.807, 2.05) is 48.5 Å². The Morgan fingerprint density at radius 2 is 1.91 bits per heavy atom. The summed E-state index contributed by atoms with van der Waals surface area (Å²) in [6.45, 7) is 0. The lowest BCUT2D eigenvalue weighted by molar-refractivity contribution is 0.103. The predicted molar refractivity (Wildman–Crippen MR) is 133 cm³/mol. The smallest absolute Gasteiger partial charge is 0.269 e. The van der Waals surface area contributed by atoms with Crippen molar-refractivity contribution in [3.8, 4) is 22.9 Å². The van der Waals surface area contributed by atoms with Gasteiger partial charge in [0.1, 0.15) is 32.9 Å². The zero-order valence-corrected chi connectivity index (χ0v) is 18.9. The fraction of sp³-hybridized carbons (Fsp3) is 0.0435. The number of hydrogen-bond acceptors (Lipinski definition) is 9. The summed E-state index contributed by atoms with van der Waals surface area (Å²) < 4.78 is 6.13. The maximum Gasteiger partial charge on any atom is 0.269 e. The minimum atomic E-state index is -0.405. The fourth-order valence-electron chi connectivity index (χ4n) is 3.58. The first kappa shape index (κ1) is 20.7. The van der Waals surface area contributed by atoms with Gasteiger partial charge in [-0.1, -0.05) is 41.7 Å². The second-order valence-electron chi connectivity index (χ2n) is 7.06. The van der Waals surface area contributed by atoms with E-state index in [1.54, 1.807) is 7.11 Å². The number of methoxy groups -OCH3 is 1. The van der Waals surface area contributed by atoms with Crippen LogP contribution in [0, 0.1) is 11.3 Å². The number of carbonyl (C=O) groups is 1. The molecule has 0 aliphatic rings. The van der Waals surface area contributed by atoms with Gasteiger partial charge < -0.3 is 16.2 Å². The first-order valence-corrected chi connectivity index (χ1v) is 11.4. The number of nitriles is 1. The fourth-order valence-corrected chi connectivity index (χ4v) is 5.48. The Morgan fingerprint density at radius 3 is 2.64 bits per heavy atom. The molecule has 10 heteroatoms. The van der Waals surface area contributed by atoms with Crippen LogP contribution in [0.15, 0.2) is 48.5 Å². The van der Waals surface area contributed by atoms with Gasteiger partial charge >= 0.3 is 0 Å². The zero-order valence-electron chi connectivity index (χ0n) is 17.2. The quantitative estimate of drug-likeness (QED) is 0.339. The average Bonchev–Trinajstić information content (AvgIpc) is 3.37. The van der Waals surface area contributed by atoms with Crippen molar-refractivity contribution in [1.82, 2.24) is 9.97 Å². The molecule has 5 N–H and O–H groups in total. The summed E-state index contributed by atoms with van der Waals surface area (Å²) in [5, 5.41) is 13.5. The second kappa shape index (κ2) is 8.05. The van der Waals surface area contributed by atoms with Crippen LogP contribution in [0.5, 0.6) is 5.75 Å². The number of amides is 1. The molecule has 0 saturated carbocycles. The number of carbonyl (C=O) groups excluding carboxylic acids is 1. The number of nitrogens with zero attached hydrogens (tertiary/aromatic N) is 3. The number of anilines is 3. The summed E-state index contributed by atoms with van der Waals surface area (Å²) in [5.41, 5.74) is 15.1. The van der Waals surface area contributed by atoms with E-state index in [-0.39, 0.29) is 21.9 Å². The van der Waals surface area contributed by atoms with Crippen LogP contribution in [-0.4, -0.2) is 23.0 Å². The van der Waals surface area contributed by atoms with Crippen LogP contribution in [0.4, 0.5) is 16.6 Å². The van der Waals surface area contributed by atoms with Crippen molar-refractivity contribution in [2.45, 2.75) is 0 Å². The molecule has 162 valence electrons. The molecular weight excluding hydrogens is 456 g/mol. The number of benzene rings is 2. The van der Waals surface area contributed by atoms with E-state index in [1.165, 1.54) is 11.3 Å². The lowest BCUT2D eigenvalue weighted by Crippen LogP contribution is -2.11. The molecule has 0 radical (unpaired) electrons. The van der Waals surface area contributed by atoms with E-state index in [0.717, 1.165) is 27.1 Å². The SMILES string of the molecule is COc1ccc2nc(NC(=O)c3sc4nc(N)c(C#N)c(-c5ccccc5)c4c3N)sc2c1. The molecule has 3 aromatic heterocycles. The molecule has 0 fully saturated rings. The van der Waals surface area contributed by atoms with E-state index < -0.39 is 5.91 Å². The Labute approximate surface area is 196 Å². The number of nitrogens with two attached hydrogens (primary N) is 2. The first-order valence-electron chi connectivity index (χ1n) is 9.73. The number of thiophene rings is 1. The number of pyridine rings is 1. The van der Waals surface area contributed by atoms with Crippen LogP contribution in [0.3, 0.4) is 0 Å². The highest BCUT2D eigenvalue weighted by Crippen LogP contribution is 2.43. The minimum Gasteiger partial charge on any atom is -0.497 e. The Bertz CT molecular complexity index is 1580. The van der Waals surface area contributed by atoms with Crippen molar-refractivity contribution in [2.24, 2.45) is 0 Å². The first-order chi connectivity index (χ1) is 16.0. The number of hydrogen-bond donors (Lipinski definition) is 3. The van der Waals surface area contributed by atoms with E-state index >= 15 is 0 Å². The van der Waals surface area contributed by atoms with Gasteiger partial charge in [0, 0.05) is 10.9 Å². The molecule has 3 heterocycles. The number of rotatable bonds is 4. The molecule has 0 atom stereocenters. The number of ether oxygens (including phenoxy) is 1. The Morgan fingerprint density at radius 1 is 1.12 bits per heavy atom. The van der Waals surface area contributed by atoms with Crippen molar-refractivity contribution < 1.29 is 9.53 Å². The van der Waals surface area contributed by atoms with Crippen molar-refractivity contribution in [3.05, 3.63) is 59.0 Å². The highest BCUT2D eigenvalue weighted by Gasteiger charge is 2.24. The number of fused-ring (bicyclic) bond motifs is 2. The summed E-state index contributed by atoms with van der Waals surface area (Å²) in [6.07, 6.45) is 0. The molecule has 5 aromatic rings. The summed E-state index contributed by atoms with van der Waals surface area (Å²) in [4.78, 5) is 22.7. The van der Waals surface area contributed by atoms with Crippen molar-refractivity contribution in [3.63, 3.8) is 0 Å². The highest BCUT2D eigenvalue weighted by molar-refractivity contribution is 7.23. The molecule has 8 nitrogen and oxygen atoms in total. The third kappa shape index (κ3) is 3.49. The van der Waals surface area contributed by atoms with Gasteiger partial charge in [-0.3, -0.25) is 10.1 Å². The van der Waals surface area contributed by atoms with E-state index in [4.69, 9.17) is 16.2 Å². The summed E-state index contributed by atoms with van der Waals surface area (Å²) in [5.74, 6) is 0.401. The molecule has 1 amide bonds. The maximum atomic E-state index is 13.1. The van der Waals surface area contributed by atoms with E-state index in [0.29, 0.717) is 26.7 Å². The standard InChI is InChI=1S/C23H16N6O2S2/c1-31-12-7-8-14-15(9-12)32-23(27-14)29-21(30)19-18(25)17-16(11-5-3-2-4-6-11)13(10-24)20(26)28-22(17)33-19/h2-9H,25H2,1H3,(H2,26,28)(H,27,29,30). The lowest BCUT2D eigenvalue weighted by atomic mass is 9.97. The third-order valence-electron chi connectivity index (χ3n) is 5.10. The van der Waals surface area contributed by atoms with Gasteiger partial charge in [0.25, 0.3) is 5.91 Å². The molecule has 0 saturated heterocycles. The minimum absolute atomic E-state index is 0.0946. The summed E-state index contributed by atoms with van der Waals surface area (Å²) in [6, 6.07) is 16.9. The normalized spacial score (nSPS) is 10.9. The van der Waals surface area contributed by atoms with Crippen LogP contribution in [0.2, 0.25) is 0 Å². The van der Waals surface area contributed by atoms with Gasteiger partial charge in [-0.25, -0.2) is 9.97 Å². The Hall–Kier alpha value is -4.20. The molecule has 0 aliphatic heterocycles. The molecule has 33 heavy (non-hydrogen) atoms. The number of nitrogens with one attached hydrogen (secondary N) is 1. The largest absolute Gasteiger partial charge is 0.497 e. The van der Waals surface area contributed by atoms with Gasteiger partial charge in [0.15, 0.2) is 5.13 Å². The highest BCUT2D eigenvalue weighted by atomic mass is 32.1. The van der Waals surface area contributed by atoms with Gasteiger partial charge in [0.2, 0.25) is 0 Å². The van der Waals surface area contributed by atoms with Crippen molar-refractivity contribution in [2.75, 3.05) is 23.9 Å². The van der Waals surface area contributed by atoms with E-state index in [9.17, 15) is 10.1 Å². The molecule has 5 rings (SSSR count). The Balaban J connectivity index is 1.60. The van der Waals surface area contributed by atoms with Crippen LogP contribution < -0.4 is 21.5 Å². The van der Waals surface area contributed by atoms with Crippen LogP contribution in [0.25, 0.3) is 31.6 Å². The summed E-state index contributed by atoms with van der Waals surface area (Å²) >= 11 is 2.46. The van der Waals surface area contributed by atoms with Crippen LogP contribution in [-0.2, 0) is 0 Å². The lowest BCUT2D eigenvalue weighted by Gasteiger charge is -2.09. The van der Waals surface area contributed by atoms with E-state index in [2.05, 4.69) is 21.4 Å². The predicted octanol–water partition coefficient (Wildman–Crippen LogP) is 4.87. The molecule has 0 bridgehead atoms. The molecule has 2 aromatic carbocycles. The zero-order chi connectivity index (χ0) is 23.1. The topological polar surface area (TPSA) is 140 Å². The molecule has 0 unspecified atom stereocenters.